The molecule has 0 aliphatic heterocycles. The highest BCUT2D eigenvalue weighted by Crippen LogP contribution is 2.35. The molecule has 0 saturated heterocycles. The maximum absolute atomic E-state index is 5.90. The number of pyridine rings is 1. The molecule has 2 aromatic carbocycles. The summed E-state index contributed by atoms with van der Waals surface area (Å²) < 4.78 is 10.7. The third-order valence-corrected chi connectivity index (χ3v) is 3.92. The first-order chi connectivity index (χ1) is 11.2. The van der Waals surface area contributed by atoms with Crippen LogP contribution in [0.5, 0.6) is 11.5 Å². The van der Waals surface area contributed by atoms with Crippen molar-refractivity contribution in [1.82, 2.24) is 4.98 Å². The van der Waals surface area contributed by atoms with E-state index < -0.39 is 0 Å². The maximum atomic E-state index is 5.90. The number of nitrogens with zero attached hydrogens (tertiary/aromatic N) is 1. The highest BCUT2D eigenvalue weighted by Gasteiger charge is 2.10. The molecular weight excluding hydrogens is 312 g/mol. The van der Waals surface area contributed by atoms with Crippen molar-refractivity contribution in [2.45, 2.75) is 5.88 Å². The van der Waals surface area contributed by atoms with E-state index in [0.29, 0.717) is 17.4 Å². The molecule has 1 heterocycles. The highest BCUT2D eigenvalue weighted by atomic mass is 35.5. The molecule has 0 radical (unpaired) electrons. The largest absolute Gasteiger partial charge is 0.493 e. The number of benzene rings is 2. The van der Waals surface area contributed by atoms with Gasteiger partial charge in [0.1, 0.15) is 0 Å². The van der Waals surface area contributed by atoms with Crippen LogP contribution in [0.25, 0.3) is 10.9 Å². The van der Waals surface area contributed by atoms with Crippen molar-refractivity contribution in [2.75, 3.05) is 19.5 Å². The van der Waals surface area contributed by atoms with Gasteiger partial charge in [0.25, 0.3) is 0 Å². The molecule has 1 N–H and O–H groups in total. The zero-order valence-corrected chi connectivity index (χ0v) is 13.7. The Morgan fingerprint density at radius 3 is 2.57 bits per heavy atom. The lowest BCUT2D eigenvalue weighted by Gasteiger charge is -2.13. The molecule has 0 spiro atoms. The summed E-state index contributed by atoms with van der Waals surface area (Å²) in [7, 11) is 3.24. The van der Waals surface area contributed by atoms with E-state index in [1.807, 2.05) is 42.5 Å². The van der Waals surface area contributed by atoms with Crippen LogP contribution in [0.4, 0.5) is 11.4 Å². The normalized spacial score (nSPS) is 10.6. The van der Waals surface area contributed by atoms with Gasteiger partial charge in [-0.15, -0.1) is 11.6 Å². The molecule has 4 nitrogen and oxygen atoms in total. The molecule has 1 aromatic heterocycles. The van der Waals surface area contributed by atoms with Crippen LogP contribution in [-0.4, -0.2) is 19.2 Å². The Labute approximate surface area is 140 Å². The van der Waals surface area contributed by atoms with Crippen LogP contribution in [0.1, 0.15) is 5.56 Å². The van der Waals surface area contributed by atoms with Crippen molar-refractivity contribution >= 4 is 33.9 Å². The summed E-state index contributed by atoms with van der Waals surface area (Å²) in [5, 5.41) is 4.38. The zero-order valence-electron chi connectivity index (χ0n) is 13.0. The predicted molar refractivity (Wildman–Crippen MR) is 94.1 cm³/mol. The molecular formula is C18H17ClN2O2. The van der Waals surface area contributed by atoms with E-state index >= 15 is 0 Å². The van der Waals surface area contributed by atoms with Crippen LogP contribution in [0.15, 0.2) is 48.7 Å². The fourth-order valence-electron chi connectivity index (χ4n) is 2.47. The minimum Gasteiger partial charge on any atom is -0.493 e. The van der Waals surface area contributed by atoms with Gasteiger partial charge in [0.05, 0.1) is 19.7 Å². The van der Waals surface area contributed by atoms with E-state index in [-0.39, 0.29) is 0 Å². The third kappa shape index (κ3) is 3.17. The Bertz CT molecular complexity index is 836. The van der Waals surface area contributed by atoms with E-state index in [9.17, 15) is 0 Å². The molecule has 0 aliphatic carbocycles. The van der Waals surface area contributed by atoms with Gasteiger partial charge in [-0.25, -0.2) is 0 Å². The van der Waals surface area contributed by atoms with E-state index in [4.69, 9.17) is 21.1 Å². The van der Waals surface area contributed by atoms with E-state index in [2.05, 4.69) is 10.3 Å². The third-order valence-electron chi connectivity index (χ3n) is 3.61. The van der Waals surface area contributed by atoms with Gasteiger partial charge in [-0.3, -0.25) is 4.98 Å². The molecule has 0 atom stereocenters. The number of fused-ring (bicyclic) bond motifs is 1. The molecule has 0 amide bonds. The standard InChI is InChI=1S/C18H17ClN2O2/c1-22-17-9-14-15(6-7-20-16(14)10-18(17)23-2)21-13-5-3-4-12(8-13)11-19/h3-10H,11H2,1-2H3,(H,20,21). The van der Waals surface area contributed by atoms with Crippen molar-refractivity contribution < 1.29 is 9.47 Å². The molecule has 5 heteroatoms. The number of halogens is 1. The Hall–Kier alpha value is -2.46. The summed E-state index contributed by atoms with van der Waals surface area (Å²) in [6.07, 6.45) is 1.77. The number of ether oxygens (including phenoxy) is 2. The fourth-order valence-corrected chi connectivity index (χ4v) is 2.64. The Balaban J connectivity index is 2.06. The maximum Gasteiger partial charge on any atom is 0.162 e. The Morgan fingerprint density at radius 1 is 1.04 bits per heavy atom. The number of hydrogen-bond donors (Lipinski definition) is 1. The molecule has 3 aromatic rings. The van der Waals surface area contributed by atoms with Crippen LogP contribution in [0, 0.1) is 0 Å². The second kappa shape index (κ2) is 6.75. The Kier molecular flexibility index (Phi) is 4.53. The quantitative estimate of drug-likeness (QED) is 0.687. The molecule has 23 heavy (non-hydrogen) atoms. The van der Waals surface area contributed by atoms with E-state index in [1.54, 1.807) is 20.4 Å². The molecule has 0 fully saturated rings. The first kappa shape index (κ1) is 15.4. The number of alkyl halides is 1. The summed E-state index contributed by atoms with van der Waals surface area (Å²) in [5.74, 6) is 1.82. The summed E-state index contributed by atoms with van der Waals surface area (Å²) in [6.45, 7) is 0. The second-order valence-electron chi connectivity index (χ2n) is 5.04. The van der Waals surface area contributed by atoms with Crippen LogP contribution in [-0.2, 0) is 5.88 Å². The van der Waals surface area contributed by atoms with Gasteiger partial charge in [-0.1, -0.05) is 12.1 Å². The van der Waals surface area contributed by atoms with Gasteiger partial charge in [0, 0.05) is 34.9 Å². The molecule has 0 unspecified atom stereocenters. The lowest BCUT2D eigenvalue weighted by Crippen LogP contribution is -1.96. The van der Waals surface area contributed by atoms with Gasteiger partial charge >= 0.3 is 0 Å². The van der Waals surface area contributed by atoms with Crippen molar-refractivity contribution in [3.8, 4) is 11.5 Å². The van der Waals surface area contributed by atoms with E-state index in [1.165, 1.54) is 0 Å². The highest BCUT2D eigenvalue weighted by molar-refractivity contribution is 6.17. The second-order valence-corrected chi connectivity index (χ2v) is 5.31. The minimum atomic E-state index is 0.484. The average molecular weight is 329 g/mol. The first-order valence-corrected chi connectivity index (χ1v) is 7.71. The predicted octanol–water partition coefficient (Wildman–Crippen LogP) is 4.73. The van der Waals surface area contributed by atoms with Crippen LogP contribution >= 0.6 is 11.6 Å². The number of methoxy groups -OCH3 is 2. The number of aromatic nitrogens is 1. The van der Waals surface area contributed by atoms with E-state index in [0.717, 1.165) is 27.8 Å². The lowest BCUT2D eigenvalue weighted by atomic mass is 10.1. The lowest BCUT2D eigenvalue weighted by molar-refractivity contribution is 0.356. The fraction of sp³-hybridized carbons (Fsp3) is 0.167. The zero-order chi connectivity index (χ0) is 16.2. The summed E-state index contributed by atoms with van der Waals surface area (Å²) in [5.41, 5.74) is 3.82. The van der Waals surface area contributed by atoms with Gasteiger partial charge in [0.2, 0.25) is 0 Å². The van der Waals surface area contributed by atoms with Gasteiger partial charge in [0.15, 0.2) is 11.5 Å². The molecule has 0 bridgehead atoms. The van der Waals surface area contributed by atoms with Gasteiger partial charge < -0.3 is 14.8 Å². The van der Waals surface area contributed by atoms with Crippen LogP contribution in [0.3, 0.4) is 0 Å². The average Bonchev–Trinajstić information content (AvgIpc) is 2.61. The monoisotopic (exact) mass is 328 g/mol. The van der Waals surface area contributed by atoms with Gasteiger partial charge in [-0.05, 0) is 29.8 Å². The van der Waals surface area contributed by atoms with Crippen molar-refractivity contribution in [3.05, 3.63) is 54.2 Å². The summed E-state index contributed by atoms with van der Waals surface area (Å²) in [6, 6.07) is 13.7. The van der Waals surface area contributed by atoms with Crippen molar-refractivity contribution in [2.24, 2.45) is 0 Å². The number of anilines is 2. The SMILES string of the molecule is COc1cc2nccc(Nc3cccc(CCl)c3)c2cc1OC. The number of hydrogen-bond acceptors (Lipinski definition) is 4. The summed E-state index contributed by atoms with van der Waals surface area (Å²) in [4.78, 5) is 4.40. The Morgan fingerprint density at radius 2 is 1.83 bits per heavy atom. The number of nitrogens with one attached hydrogen (secondary N) is 1. The minimum absolute atomic E-state index is 0.484. The van der Waals surface area contributed by atoms with Gasteiger partial charge in [-0.2, -0.15) is 0 Å². The van der Waals surface area contributed by atoms with Crippen molar-refractivity contribution in [1.29, 1.82) is 0 Å². The summed E-state index contributed by atoms with van der Waals surface area (Å²) >= 11 is 5.90. The molecule has 0 saturated carbocycles. The smallest absolute Gasteiger partial charge is 0.162 e. The molecule has 0 aliphatic rings. The number of rotatable bonds is 5. The van der Waals surface area contributed by atoms with Crippen LogP contribution in [0.2, 0.25) is 0 Å². The first-order valence-electron chi connectivity index (χ1n) is 7.18. The molecule has 3 rings (SSSR count). The molecule has 118 valence electrons. The van der Waals surface area contributed by atoms with Crippen molar-refractivity contribution in [3.63, 3.8) is 0 Å². The topological polar surface area (TPSA) is 43.4 Å². The van der Waals surface area contributed by atoms with Crippen LogP contribution < -0.4 is 14.8 Å².